The molecule has 0 spiro atoms. The number of hydrogen-bond donors (Lipinski definition) is 0. The second kappa shape index (κ2) is 4.20. The maximum Gasteiger partial charge on any atom is 0.0267 e. The van der Waals surface area contributed by atoms with Crippen LogP contribution in [0, 0.1) is 0 Å². The average molecular weight is 170 g/mol. The molecule has 0 amide bonds. The fraction of sp³-hybridized carbons (Fsp3) is 0. The number of nitrogens with zero attached hydrogens (tertiary/aromatic N) is 1. The van der Waals surface area contributed by atoms with Gasteiger partial charge >= 0.3 is 0 Å². The Morgan fingerprint density at radius 2 is 1.43 bits per heavy atom. The number of hydrogen-bond acceptors (Lipinski definition) is 1. The van der Waals surface area contributed by atoms with Gasteiger partial charge < -0.3 is 0 Å². The van der Waals surface area contributed by atoms with Gasteiger partial charge in [-0.25, -0.2) is 0 Å². The summed E-state index contributed by atoms with van der Waals surface area (Å²) >= 11 is 0. The first kappa shape index (κ1) is 7.03. The third kappa shape index (κ3) is 2.70. The van der Waals surface area contributed by atoms with E-state index in [-0.39, 0.29) is 26.2 Å². The summed E-state index contributed by atoms with van der Waals surface area (Å²) in [6, 6.07) is 5.72. The molecule has 1 aromatic heterocycles. The van der Waals surface area contributed by atoms with Crippen molar-refractivity contribution in [1.29, 1.82) is 0 Å². The van der Waals surface area contributed by atoms with E-state index in [0.29, 0.717) is 0 Å². The van der Waals surface area contributed by atoms with Crippen LogP contribution in [0.3, 0.4) is 0 Å². The molecule has 0 radical (unpaired) electrons. The van der Waals surface area contributed by atoms with Gasteiger partial charge in [0.1, 0.15) is 0 Å². The molecule has 1 heterocycles. The van der Waals surface area contributed by atoms with E-state index in [2.05, 4.69) is 4.98 Å². The normalized spacial score (nSPS) is 6.86. The van der Waals surface area contributed by atoms with E-state index in [9.17, 15) is 0 Å². The zero-order valence-corrected chi connectivity index (χ0v) is 6.29. The Hall–Kier alpha value is 0.0331. The molecule has 1 rings (SSSR count). The van der Waals surface area contributed by atoms with Crippen molar-refractivity contribution in [3.05, 3.63) is 30.6 Å². The molecule has 0 bridgehead atoms. The van der Waals surface area contributed by atoms with E-state index in [1.165, 1.54) is 0 Å². The van der Waals surface area contributed by atoms with Crippen LogP contribution < -0.4 is 0 Å². The Labute approximate surface area is 61.9 Å². The van der Waals surface area contributed by atoms with E-state index in [4.69, 9.17) is 0 Å². The summed E-state index contributed by atoms with van der Waals surface area (Å²) in [7, 11) is 0. The molecule has 0 aliphatic carbocycles. The van der Waals surface area contributed by atoms with Crippen molar-refractivity contribution in [2.45, 2.75) is 0 Å². The van der Waals surface area contributed by atoms with Gasteiger partial charge in [-0.3, -0.25) is 4.98 Å². The maximum atomic E-state index is 3.78. The van der Waals surface area contributed by atoms with Gasteiger partial charge in [0.25, 0.3) is 0 Å². The minimum absolute atomic E-state index is 0. The molecule has 7 heavy (non-hydrogen) atoms. The van der Waals surface area contributed by atoms with E-state index >= 15 is 0 Å². The standard InChI is InChI=1S/C5H5N.Zr/c1-2-4-6-5-3-1;/h1-5H;. The Bertz CT molecular complexity index is 80.0. The molecule has 0 aliphatic heterocycles. The molecule has 1 aromatic rings. The summed E-state index contributed by atoms with van der Waals surface area (Å²) in [6.45, 7) is 0. The molecule has 2 heteroatoms. The Balaban J connectivity index is 0.000000360. The van der Waals surface area contributed by atoms with Crippen LogP contribution in [-0.4, -0.2) is 4.98 Å². The zero-order valence-electron chi connectivity index (χ0n) is 3.83. The molecule has 0 fully saturated rings. The van der Waals surface area contributed by atoms with Crippen molar-refractivity contribution >= 4 is 0 Å². The number of rotatable bonds is 0. The number of pyridine rings is 1. The quantitative estimate of drug-likeness (QED) is 0.568. The van der Waals surface area contributed by atoms with Crippen molar-refractivity contribution in [2.75, 3.05) is 0 Å². The molecule has 0 N–H and O–H groups in total. The second-order valence-electron chi connectivity index (χ2n) is 1.02. The summed E-state index contributed by atoms with van der Waals surface area (Å²) in [5.74, 6) is 0. The van der Waals surface area contributed by atoms with Crippen LogP contribution in [-0.2, 0) is 26.2 Å². The van der Waals surface area contributed by atoms with Crippen LogP contribution in [0.4, 0.5) is 0 Å². The topological polar surface area (TPSA) is 12.9 Å². The third-order valence-corrected chi connectivity index (χ3v) is 0.566. The van der Waals surface area contributed by atoms with E-state index in [0.717, 1.165) is 0 Å². The first-order valence-corrected chi connectivity index (χ1v) is 1.85. The van der Waals surface area contributed by atoms with Gasteiger partial charge in [0.2, 0.25) is 0 Å². The SMILES string of the molecule is [Zr].c1ccncc1. The van der Waals surface area contributed by atoms with Gasteiger partial charge in [-0.2, -0.15) is 0 Å². The van der Waals surface area contributed by atoms with Gasteiger partial charge in [-0.1, -0.05) is 6.07 Å². The molecule has 0 saturated heterocycles. The van der Waals surface area contributed by atoms with Crippen molar-refractivity contribution in [3.8, 4) is 0 Å². The largest absolute Gasteiger partial charge is 0.265 e. The van der Waals surface area contributed by atoms with Crippen LogP contribution in [0.25, 0.3) is 0 Å². The Morgan fingerprint density at radius 3 is 1.57 bits per heavy atom. The van der Waals surface area contributed by atoms with Crippen molar-refractivity contribution in [2.24, 2.45) is 0 Å². The molecule has 0 unspecified atom stereocenters. The summed E-state index contributed by atoms with van der Waals surface area (Å²) < 4.78 is 0. The van der Waals surface area contributed by atoms with Gasteiger partial charge in [-0.15, -0.1) is 0 Å². The summed E-state index contributed by atoms with van der Waals surface area (Å²) in [6.07, 6.45) is 3.50. The fourth-order valence-electron chi connectivity index (χ4n) is 0.313. The van der Waals surface area contributed by atoms with Crippen LogP contribution >= 0.6 is 0 Å². The number of aromatic nitrogens is 1. The predicted octanol–water partition coefficient (Wildman–Crippen LogP) is 1.08. The monoisotopic (exact) mass is 169 g/mol. The molecule has 0 aromatic carbocycles. The third-order valence-electron chi connectivity index (χ3n) is 0.566. The fourth-order valence-corrected chi connectivity index (χ4v) is 0.313. The Kier molecular flexibility index (Phi) is 4.22. The predicted molar refractivity (Wildman–Crippen MR) is 24.2 cm³/mol. The van der Waals surface area contributed by atoms with Crippen molar-refractivity contribution in [3.63, 3.8) is 0 Å². The summed E-state index contributed by atoms with van der Waals surface area (Å²) in [5.41, 5.74) is 0. The van der Waals surface area contributed by atoms with E-state index < -0.39 is 0 Å². The first-order valence-electron chi connectivity index (χ1n) is 1.85. The molecule has 0 atom stereocenters. The van der Waals surface area contributed by atoms with E-state index in [1.807, 2.05) is 18.2 Å². The maximum absolute atomic E-state index is 3.78. The van der Waals surface area contributed by atoms with Crippen LogP contribution in [0.15, 0.2) is 30.6 Å². The van der Waals surface area contributed by atoms with Crippen molar-refractivity contribution < 1.29 is 26.2 Å². The van der Waals surface area contributed by atoms with Gasteiger partial charge in [0.05, 0.1) is 0 Å². The van der Waals surface area contributed by atoms with Crippen LogP contribution in [0.2, 0.25) is 0 Å². The average Bonchev–Trinajstić information content (AvgIpc) is 1.72. The molecular formula is C5H5NZr. The molecule has 1 nitrogen and oxygen atoms in total. The molecule has 34 valence electrons. The zero-order chi connectivity index (χ0) is 4.24. The summed E-state index contributed by atoms with van der Waals surface area (Å²) in [4.78, 5) is 3.78. The van der Waals surface area contributed by atoms with Gasteiger partial charge in [0.15, 0.2) is 0 Å². The Morgan fingerprint density at radius 1 is 0.857 bits per heavy atom. The second-order valence-corrected chi connectivity index (χ2v) is 1.02. The van der Waals surface area contributed by atoms with Gasteiger partial charge in [-0.05, 0) is 12.1 Å². The van der Waals surface area contributed by atoms with Crippen LogP contribution in [0.5, 0.6) is 0 Å². The van der Waals surface area contributed by atoms with Gasteiger partial charge in [0, 0.05) is 38.6 Å². The van der Waals surface area contributed by atoms with Crippen LogP contribution in [0.1, 0.15) is 0 Å². The van der Waals surface area contributed by atoms with Crippen molar-refractivity contribution in [1.82, 2.24) is 4.98 Å². The minimum Gasteiger partial charge on any atom is -0.265 e. The first-order chi connectivity index (χ1) is 3.00. The smallest absolute Gasteiger partial charge is 0.0267 e. The molecule has 0 aliphatic rings. The molecular weight excluding hydrogens is 165 g/mol. The summed E-state index contributed by atoms with van der Waals surface area (Å²) in [5, 5.41) is 0. The molecule has 0 saturated carbocycles. The van der Waals surface area contributed by atoms with E-state index in [1.54, 1.807) is 12.4 Å². The minimum atomic E-state index is 0.